The van der Waals surface area contributed by atoms with Gasteiger partial charge in [-0.2, -0.15) is 0 Å². The molecule has 2 nitrogen and oxygen atoms in total. The van der Waals surface area contributed by atoms with Crippen LogP contribution in [-0.2, 0) is 6.42 Å². The summed E-state index contributed by atoms with van der Waals surface area (Å²) in [5, 5.41) is 3.67. The number of hydrogen-bond donors (Lipinski definition) is 1. The summed E-state index contributed by atoms with van der Waals surface area (Å²) >= 11 is 0. The first kappa shape index (κ1) is 14.4. The topological polar surface area (TPSA) is 21.3 Å². The van der Waals surface area contributed by atoms with Crippen molar-refractivity contribution in [1.82, 2.24) is 5.32 Å². The van der Waals surface area contributed by atoms with Gasteiger partial charge < -0.3 is 10.1 Å². The summed E-state index contributed by atoms with van der Waals surface area (Å²) in [5.41, 5.74) is 4.34. The van der Waals surface area contributed by atoms with Gasteiger partial charge in [0.05, 0.1) is 6.61 Å². The third-order valence-electron chi connectivity index (χ3n) is 4.16. The van der Waals surface area contributed by atoms with Crippen molar-refractivity contribution in [3.63, 3.8) is 0 Å². The minimum Gasteiger partial charge on any atom is -0.494 e. The zero-order valence-electron chi connectivity index (χ0n) is 12.8. The predicted octanol–water partition coefficient (Wildman–Crippen LogP) is 4.02. The maximum atomic E-state index is 5.85. The maximum Gasteiger partial charge on any atom is 0.122 e. The third kappa shape index (κ3) is 3.11. The molecule has 1 N–H and O–H groups in total. The summed E-state index contributed by atoms with van der Waals surface area (Å²) in [5.74, 6) is 1.87. The molecular weight excluding hydrogens is 234 g/mol. The first-order valence-corrected chi connectivity index (χ1v) is 7.65. The van der Waals surface area contributed by atoms with Gasteiger partial charge in [0.15, 0.2) is 0 Å². The minimum absolute atomic E-state index is 0.484. The van der Waals surface area contributed by atoms with Crippen molar-refractivity contribution >= 4 is 0 Å². The van der Waals surface area contributed by atoms with E-state index in [0.717, 1.165) is 31.2 Å². The monoisotopic (exact) mass is 261 g/mol. The van der Waals surface area contributed by atoms with Crippen molar-refractivity contribution in [2.75, 3.05) is 13.2 Å². The lowest BCUT2D eigenvalue weighted by Gasteiger charge is -2.23. The van der Waals surface area contributed by atoms with Crippen LogP contribution in [-0.4, -0.2) is 13.2 Å². The quantitative estimate of drug-likeness (QED) is 0.827. The van der Waals surface area contributed by atoms with Gasteiger partial charge in [0, 0.05) is 6.04 Å². The van der Waals surface area contributed by atoms with Gasteiger partial charge in [-0.05, 0) is 68.3 Å². The van der Waals surface area contributed by atoms with Crippen molar-refractivity contribution in [3.8, 4) is 5.75 Å². The van der Waals surface area contributed by atoms with Crippen LogP contribution in [0.1, 0.15) is 56.3 Å². The van der Waals surface area contributed by atoms with Crippen LogP contribution in [0, 0.1) is 12.8 Å². The molecule has 0 amide bonds. The van der Waals surface area contributed by atoms with Gasteiger partial charge in [0.25, 0.3) is 0 Å². The molecule has 0 saturated heterocycles. The second-order valence-corrected chi connectivity index (χ2v) is 5.70. The number of nitrogens with one attached hydrogen (secondary N) is 1. The van der Waals surface area contributed by atoms with Crippen LogP contribution >= 0.6 is 0 Å². The average molecular weight is 261 g/mol. The van der Waals surface area contributed by atoms with E-state index in [1.165, 1.54) is 29.5 Å². The van der Waals surface area contributed by atoms with Crippen LogP contribution in [0.25, 0.3) is 0 Å². The van der Waals surface area contributed by atoms with E-state index in [1.54, 1.807) is 0 Å². The number of fused-ring (bicyclic) bond motifs is 1. The molecular formula is C17H27NO. The Hall–Kier alpha value is -1.02. The smallest absolute Gasteiger partial charge is 0.122 e. The zero-order valence-corrected chi connectivity index (χ0v) is 12.8. The van der Waals surface area contributed by atoms with Crippen LogP contribution in [0.15, 0.2) is 12.1 Å². The first-order valence-electron chi connectivity index (χ1n) is 7.65. The van der Waals surface area contributed by atoms with Gasteiger partial charge in [0.2, 0.25) is 0 Å². The molecule has 106 valence electrons. The highest BCUT2D eigenvalue weighted by molar-refractivity contribution is 5.47. The van der Waals surface area contributed by atoms with Gasteiger partial charge in [-0.1, -0.05) is 19.9 Å². The Kier molecular flexibility index (Phi) is 4.87. The molecule has 0 radical (unpaired) electrons. The van der Waals surface area contributed by atoms with Crippen LogP contribution in [0.2, 0.25) is 0 Å². The Bertz CT molecular complexity index is 428. The normalized spacial score (nSPS) is 22.7. The average Bonchev–Trinajstić information content (AvgIpc) is 2.54. The van der Waals surface area contributed by atoms with Crippen molar-refractivity contribution < 1.29 is 4.74 Å². The van der Waals surface area contributed by atoms with E-state index >= 15 is 0 Å². The van der Waals surface area contributed by atoms with Crippen LogP contribution < -0.4 is 10.1 Å². The van der Waals surface area contributed by atoms with E-state index in [-0.39, 0.29) is 0 Å². The second kappa shape index (κ2) is 6.42. The molecule has 0 bridgehead atoms. The van der Waals surface area contributed by atoms with E-state index in [0.29, 0.717) is 6.04 Å². The van der Waals surface area contributed by atoms with Crippen molar-refractivity contribution in [1.29, 1.82) is 0 Å². The number of hydrogen-bond acceptors (Lipinski definition) is 2. The first-order chi connectivity index (χ1) is 9.17. The molecule has 0 fully saturated rings. The molecule has 0 aromatic heterocycles. The van der Waals surface area contributed by atoms with Gasteiger partial charge in [-0.3, -0.25) is 0 Å². The maximum absolute atomic E-state index is 5.85. The lowest BCUT2D eigenvalue weighted by atomic mass is 9.92. The molecule has 2 heteroatoms. The molecule has 0 heterocycles. The van der Waals surface area contributed by atoms with Gasteiger partial charge in [0.1, 0.15) is 5.75 Å². The summed E-state index contributed by atoms with van der Waals surface area (Å²) < 4.78 is 5.85. The van der Waals surface area contributed by atoms with E-state index in [4.69, 9.17) is 4.74 Å². The summed E-state index contributed by atoms with van der Waals surface area (Å²) in [7, 11) is 0. The fourth-order valence-electron chi connectivity index (χ4n) is 3.26. The van der Waals surface area contributed by atoms with E-state index in [9.17, 15) is 0 Å². The summed E-state index contributed by atoms with van der Waals surface area (Å²) in [6, 6.07) is 4.85. The van der Waals surface area contributed by atoms with E-state index in [2.05, 4.69) is 45.1 Å². The largest absolute Gasteiger partial charge is 0.494 e. The number of rotatable bonds is 4. The van der Waals surface area contributed by atoms with Gasteiger partial charge in [-0.15, -0.1) is 0 Å². The predicted molar refractivity (Wildman–Crippen MR) is 80.9 cm³/mol. The highest BCUT2D eigenvalue weighted by Crippen LogP contribution is 2.38. The standard InChI is InChI=1S/C17H27NO/c1-5-18-15-11-12(3)7-9-14-16(19-6-2)10-8-13(4)17(14)15/h8,10,12,15,18H,5-7,9,11H2,1-4H3. The van der Waals surface area contributed by atoms with Gasteiger partial charge in [-0.25, -0.2) is 0 Å². The van der Waals surface area contributed by atoms with Crippen molar-refractivity contribution in [2.45, 2.75) is 53.0 Å². The number of benzene rings is 1. The molecule has 2 atom stereocenters. The van der Waals surface area contributed by atoms with Crippen LogP contribution in [0.4, 0.5) is 0 Å². The SMILES string of the molecule is CCNC1CC(C)CCc2c(OCC)ccc(C)c21. The fraction of sp³-hybridized carbons (Fsp3) is 0.647. The second-order valence-electron chi connectivity index (χ2n) is 5.70. The molecule has 0 spiro atoms. The molecule has 0 saturated carbocycles. The Balaban J connectivity index is 2.46. The molecule has 1 aliphatic rings. The number of aryl methyl sites for hydroxylation is 1. The summed E-state index contributed by atoms with van der Waals surface area (Å²) in [4.78, 5) is 0. The lowest BCUT2D eigenvalue weighted by molar-refractivity contribution is 0.335. The Morgan fingerprint density at radius 2 is 2.11 bits per heavy atom. The van der Waals surface area contributed by atoms with Crippen LogP contribution in [0.3, 0.4) is 0 Å². The van der Waals surface area contributed by atoms with Crippen LogP contribution in [0.5, 0.6) is 5.75 Å². The minimum atomic E-state index is 0.484. The zero-order chi connectivity index (χ0) is 13.8. The molecule has 1 aromatic rings. The fourth-order valence-corrected chi connectivity index (χ4v) is 3.26. The third-order valence-corrected chi connectivity index (χ3v) is 4.16. The van der Waals surface area contributed by atoms with Crippen molar-refractivity contribution in [3.05, 3.63) is 28.8 Å². The van der Waals surface area contributed by atoms with E-state index in [1.807, 2.05) is 0 Å². The summed E-state index contributed by atoms with van der Waals surface area (Å²) in [6.45, 7) is 10.6. The van der Waals surface area contributed by atoms with Gasteiger partial charge >= 0.3 is 0 Å². The molecule has 1 aromatic carbocycles. The summed E-state index contributed by atoms with van der Waals surface area (Å²) in [6.07, 6.45) is 3.64. The molecule has 19 heavy (non-hydrogen) atoms. The molecule has 2 rings (SSSR count). The Morgan fingerprint density at radius 1 is 1.32 bits per heavy atom. The highest BCUT2D eigenvalue weighted by atomic mass is 16.5. The Morgan fingerprint density at radius 3 is 2.79 bits per heavy atom. The Labute approximate surface area is 117 Å². The molecule has 2 unspecified atom stereocenters. The molecule has 0 aliphatic heterocycles. The molecule has 1 aliphatic carbocycles. The number of ether oxygens (including phenoxy) is 1. The van der Waals surface area contributed by atoms with Crippen molar-refractivity contribution in [2.24, 2.45) is 5.92 Å². The lowest BCUT2D eigenvalue weighted by Crippen LogP contribution is -2.23. The van der Waals surface area contributed by atoms with E-state index < -0.39 is 0 Å². The highest BCUT2D eigenvalue weighted by Gasteiger charge is 2.25.